The molecule has 1 heterocycles. The number of hydrogen-bond acceptors (Lipinski definition) is 5. The van der Waals surface area contributed by atoms with Gasteiger partial charge in [-0.15, -0.1) is 0 Å². The molecule has 1 fully saturated rings. The quantitative estimate of drug-likeness (QED) is 0.591. The SMILES string of the molecule is CCCN1CN(CC(=O)OCc2ccccc2)CSC1=S. The van der Waals surface area contributed by atoms with Crippen LogP contribution in [0.3, 0.4) is 0 Å². The van der Waals surface area contributed by atoms with Gasteiger partial charge in [-0.25, -0.2) is 0 Å². The number of esters is 1. The molecule has 0 N–H and O–H groups in total. The van der Waals surface area contributed by atoms with Crippen LogP contribution in [0.2, 0.25) is 0 Å². The van der Waals surface area contributed by atoms with Crippen molar-refractivity contribution in [2.24, 2.45) is 0 Å². The van der Waals surface area contributed by atoms with E-state index < -0.39 is 0 Å². The number of nitrogens with zero attached hydrogens (tertiary/aromatic N) is 2. The molecule has 114 valence electrons. The van der Waals surface area contributed by atoms with Crippen molar-refractivity contribution < 1.29 is 9.53 Å². The third-order valence-corrected chi connectivity index (χ3v) is 4.70. The summed E-state index contributed by atoms with van der Waals surface area (Å²) in [7, 11) is 0. The number of hydrogen-bond donors (Lipinski definition) is 0. The van der Waals surface area contributed by atoms with Crippen molar-refractivity contribution in [3.05, 3.63) is 35.9 Å². The fraction of sp³-hybridized carbons (Fsp3) is 0.467. The first kappa shape index (κ1) is 16.3. The molecule has 0 saturated carbocycles. The van der Waals surface area contributed by atoms with Gasteiger partial charge >= 0.3 is 5.97 Å². The van der Waals surface area contributed by atoms with E-state index in [4.69, 9.17) is 17.0 Å². The molecule has 21 heavy (non-hydrogen) atoms. The molecule has 0 aliphatic carbocycles. The van der Waals surface area contributed by atoms with Crippen molar-refractivity contribution in [2.45, 2.75) is 20.0 Å². The second-order valence-electron chi connectivity index (χ2n) is 4.92. The number of carbonyl (C=O) groups is 1. The number of benzene rings is 1. The van der Waals surface area contributed by atoms with E-state index in [9.17, 15) is 4.79 Å². The van der Waals surface area contributed by atoms with Crippen molar-refractivity contribution in [3.63, 3.8) is 0 Å². The van der Waals surface area contributed by atoms with E-state index in [0.29, 0.717) is 19.8 Å². The zero-order valence-corrected chi connectivity index (χ0v) is 13.8. The number of thiocarbonyl (C=S) groups is 1. The zero-order valence-electron chi connectivity index (χ0n) is 12.2. The first-order valence-electron chi connectivity index (χ1n) is 7.02. The van der Waals surface area contributed by atoms with Crippen LogP contribution in [0.1, 0.15) is 18.9 Å². The van der Waals surface area contributed by atoms with E-state index in [1.54, 1.807) is 11.8 Å². The highest BCUT2D eigenvalue weighted by Gasteiger charge is 2.23. The number of rotatable bonds is 6. The molecule has 0 bridgehead atoms. The van der Waals surface area contributed by atoms with Crippen molar-refractivity contribution in [2.75, 3.05) is 25.6 Å². The normalized spacial score (nSPS) is 16.0. The lowest BCUT2D eigenvalue weighted by atomic mass is 10.2. The molecule has 1 aromatic rings. The Bertz CT molecular complexity index is 482. The van der Waals surface area contributed by atoms with Crippen LogP contribution in [0.5, 0.6) is 0 Å². The Morgan fingerprint density at radius 1 is 1.38 bits per heavy atom. The van der Waals surface area contributed by atoms with Crippen molar-refractivity contribution >= 4 is 34.3 Å². The molecule has 1 aliphatic heterocycles. The summed E-state index contributed by atoms with van der Waals surface area (Å²) in [4.78, 5) is 16.1. The molecular formula is C15H20N2O2S2. The smallest absolute Gasteiger partial charge is 0.320 e. The van der Waals surface area contributed by atoms with E-state index in [1.807, 2.05) is 30.3 Å². The summed E-state index contributed by atoms with van der Waals surface area (Å²) in [5, 5.41) is 0. The number of carbonyl (C=O) groups excluding carboxylic acids is 1. The highest BCUT2D eigenvalue weighted by molar-refractivity contribution is 8.22. The van der Waals surface area contributed by atoms with Crippen LogP contribution in [0.4, 0.5) is 0 Å². The van der Waals surface area contributed by atoms with Gasteiger partial charge in [-0.3, -0.25) is 9.69 Å². The maximum atomic E-state index is 11.9. The molecule has 0 spiro atoms. The minimum absolute atomic E-state index is 0.191. The summed E-state index contributed by atoms with van der Waals surface area (Å²) in [5.74, 6) is 0.558. The monoisotopic (exact) mass is 324 g/mol. The van der Waals surface area contributed by atoms with Crippen LogP contribution in [-0.2, 0) is 16.1 Å². The molecule has 4 nitrogen and oxygen atoms in total. The van der Waals surface area contributed by atoms with Crippen molar-refractivity contribution in [3.8, 4) is 0 Å². The van der Waals surface area contributed by atoms with Gasteiger partial charge in [0.2, 0.25) is 0 Å². The molecule has 1 saturated heterocycles. The molecule has 1 aliphatic rings. The Labute approximate surface area is 135 Å². The van der Waals surface area contributed by atoms with Gasteiger partial charge < -0.3 is 9.64 Å². The maximum absolute atomic E-state index is 11.9. The average molecular weight is 324 g/mol. The van der Waals surface area contributed by atoms with Crippen LogP contribution in [0.15, 0.2) is 30.3 Å². The van der Waals surface area contributed by atoms with Gasteiger partial charge in [0.25, 0.3) is 0 Å². The molecule has 0 radical (unpaired) electrons. The van der Waals surface area contributed by atoms with Crippen LogP contribution in [0, 0.1) is 0 Å². The first-order chi connectivity index (χ1) is 10.2. The summed E-state index contributed by atoms with van der Waals surface area (Å²) in [5.41, 5.74) is 1.01. The Balaban J connectivity index is 1.76. The van der Waals surface area contributed by atoms with Gasteiger partial charge in [0.15, 0.2) is 0 Å². The second-order valence-corrected chi connectivity index (χ2v) is 6.50. The van der Waals surface area contributed by atoms with E-state index >= 15 is 0 Å². The first-order valence-corrected chi connectivity index (χ1v) is 8.42. The molecule has 0 amide bonds. The lowest BCUT2D eigenvalue weighted by Crippen LogP contribution is -2.46. The minimum atomic E-state index is -0.191. The molecule has 0 unspecified atom stereocenters. The fourth-order valence-corrected chi connectivity index (χ4v) is 3.18. The Hall–Kier alpha value is -1.11. The van der Waals surface area contributed by atoms with Crippen LogP contribution in [0.25, 0.3) is 0 Å². The molecular weight excluding hydrogens is 304 g/mol. The second kappa shape index (κ2) is 8.36. The van der Waals surface area contributed by atoms with E-state index in [1.165, 1.54) is 0 Å². The predicted octanol–water partition coefficient (Wildman–Crippen LogP) is 2.69. The maximum Gasteiger partial charge on any atom is 0.320 e. The van der Waals surface area contributed by atoms with Crippen LogP contribution in [-0.4, -0.2) is 45.7 Å². The van der Waals surface area contributed by atoms with Crippen molar-refractivity contribution in [1.82, 2.24) is 9.80 Å². The summed E-state index contributed by atoms with van der Waals surface area (Å²) >= 11 is 6.93. The zero-order chi connectivity index (χ0) is 15.1. The van der Waals surface area contributed by atoms with E-state index in [-0.39, 0.29) is 5.97 Å². The van der Waals surface area contributed by atoms with Crippen molar-refractivity contribution in [1.29, 1.82) is 0 Å². The van der Waals surface area contributed by atoms with Crippen LogP contribution < -0.4 is 0 Å². The van der Waals surface area contributed by atoms with Gasteiger partial charge in [0.1, 0.15) is 10.9 Å². The molecule has 1 aromatic carbocycles. The fourth-order valence-electron chi connectivity index (χ4n) is 2.07. The van der Waals surface area contributed by atoms with Gasteiger partial charge in [-0.05, 0) is 12.0 Å². The number of ether oxygens (including phenoxy) is 1. The number of thioether (sulfide) groups is 1. The molecule has 2 rings (SSSR count). The van der Waals surface area contributed by atoms with E-state index in [0.717, 1.165) is 28.7 Å². The standard InChI is InChI=1S/C15H20N2O2S2/c1-2-8-17-11-16(12-21-15(17)20)9-14(18)19-10-13-6-4-3-5-7-13/h3-7H,2,8-12H2,1H3. The predicted molar refractivity (Wildman–Crippen MR) is 89.9 cm³/mol. The lowest BCUT2D eigenvalue weighted by Gasteiger charge is -2.35. The Morgan fingerprint density at radius 2 is 2.14 bits per heavy atom. The van der Waals surface area contributed by atoms with Gasteiger partial charge in [0.05, 0.1) is 19.1 Å². The third-order valence-electron chi connectivity index (χ3n) is 3.09. The highest BCUT2D eigenvalue weighted by atomic mass is 32.2. The highest BCUT2D eigenvalue weighted by Crippen LogP contribution is 2.18. The molecule has 0 aromatic heterocycles. The summed E-state index contributed by atoms with van der Waals surface area (Å²) < 4.78 is 6.23. The van der Waals surface area contributed by atoms with Crippen LogP contribution >= 0.6 is 24.0 Å². The van der Waals surface area contributed by atoms with Gasteiger partial charge in [-0.1, -0.05) is 61.2 Å². The third kappa shape index (κ3) is 5.30. The lowest BCUT2D eigenvalue weighted by molar-refractivity contribution is -0.146. The van der Waals surface area contributed by atoms with E-state index in [2.05, 4.69) is 16.7 Å². The molecule has 6 heteroatoms. The Morgan fingerprint density at radius 3 is 2.86 bits per heavy atom. The summed E-state index contributed by atoms with van der Waals surface area (Å²) in [6.45, 7) is 4.41. The minimum Gasteiger partial charge on any atom is -0.460 e. The Kier molecular flexibility index (Phi) is 6.48. The summed E-state index contributed by atoms with van der Waals surface area (Å²) in [6, 6.07) is 9.72. The largest absolute Gasteiger partial charge is 0.460 e. The van der Waals surface area contributed by atoms with Gasteiger partial charge in [-0.2, -0.15) is 0 Å². The topological polar surface area (TPSA) is 32.8 Å². The summed E-state index contributed by atoms with van der Waals surface area (Å²) in [6.07, 6.45) is 1.05. The molecule has 0 atom stereocenters. The average Bonchev–Trinajstić information content (AvgIpc) is 2.50. The van der Waals surface area contributed by atoms with Gasteiger partial charge in [0, 0.05) is 6.54 Å².